The number of nitrogens with one attached hydrogen (secondary N) is 2. The van der Waals surface area contributed by atoms with Gasteiger partial charge in [-0.2, -0.15) is 5.10 Å². The van der Waals surface area contributed by atoms with Gasteiger partial charge in [-0.15, -0.1) is 0 Å². The van der Waals surface area contributed by atoms with E-state index in [9.17, 15) is 4.79 Å². The van der Waals surface area contributed by atoms with Crippen molar-refractivity contribution in [3.05, 3.63) is 108 Å². The molecule has 3 aromatic carbocycles. The molecule has 1 atom stereocenters. The van der Waals surface area contributed by atoms with E-state index >= 15 is 0 Å². The van der Waals surface area contributed by atoms with Gasteiger partial charge in [-0.1, -0.05) is 72.3 Å². The quantitative estimate of drug-likeness (QED) is 0.423. The fourth-order valence-corrected chi connectivity index (χ4v) is 3.63. The maximum absolute atomic E-state index is 13.2. The molecular formula is C27H28N4O. The van der Waals surface area contributed by atoms with Crippen molar-refractivity contribution in [1.29, 1.82) is 0 Å². The first-order valence-electron chi connectivity index (χ1n) is 10.8. The maximum Gasteiger partial charge on any atom is 0.246 e. The van der Waals surface area contributed by atoms with E-state index in [0.717, 1.165) is 28.9 Å². The Morgan fingerprint density at radius 3 is 2.31 bits per heavy atom. The number of amides is 1. The molecule has 0 saturated carbocycles. The van der Waals surface area contributed by atoms with Gasteiger partial charge in [0.25, 0.3) is 0 Å². The van der Waals surface area contributed by atoms with Crippen LogP contribution in [0.4, 0.5) is 5.69 Å². The average Bonchev–Trinajstić information content (AvgIpc) is 3.25. The zero-order valence-electron chi connectivity index (χ0n) is 18.5. The highest BCUT2D eigenvalue weighted by Crippen LogP contribution is 2.21. The summed E-state index contributed by atoms with van der Waals surface area (Å²) in [6.45, 7) is 2.79. The zero-order valence-corrected chi connectivity index (χ0v) is 18.5. The second-order valence-corrected chi connectivity index (χ2v) is 7.97. The Hall–Kier alpha value is -3.70. The topological polar surface area (TPSA) is 59.0 Å². The van der Waals surface area contributed by atoms with Crippen LogP contribution in [0.1, 0.15) is 22.7 Å². The van der Waals surface area contributed by atoms with Crippen LogP contribution >= 0.6 is 0 Å². The molecule has 0 aliphatic rings. The molecule has 0 aliphatic heterocycles. The highest BCUT2D eigenvalue weighted by molar-refractivity contribution is 5.95. The van der Waals surface area contributed by atoms with Crippen LogP contribution in [0.25, 0.3) is 11.3 Å². The molecule has 5 nitrogen and oxygen atoms in total. The van der Waals surface area contributed by atoms with E-state index in [1.54, 1.807) is 4.68 Å². The van der Waals surface area contributed by atoms with Crippen molar-refractivity contribution in [2.45, 2.75) is 19.4 Å². The van der Waals surface area contributed by atoms with Gasteiger partial charge in [-0.3, -0.25) is 9.48 Å². The summed E-state index contributed by atoms with van der Waals surface area (Å²) in [5.41, 5.74) is 6.12. The molecule has 162 valence electrons. The molecule has 0 unspecified atom stereocenters. The van der Waals surface area contributed by atoms with Crippen LogP contribution in [-0.4, -0.2) is 22.2 Å². The average molecular weight is 425 g/mol. The number of anilines is 1. The number of nitrogens with zero attached hydrogens (tertiary/aromatic N) is 2. The molecule has 4 rings (SSSR count). The summed E-state index contributed by atoms with van der Waals surface area (Å²) in [5, 5.41) is 10.9. The third kappa shape index (κ3) is 5.50. The van der Waals surface area contributed by atoms with Crippen molar-refractivity contribution in [3.63, 3.8) is 0 Å². The second-order valence-electron chi connectivity index (χ2n) is 7.97. The standard InChI is InChI=1S/C27H28N4O/c1-20-8-10-21(11-9-20)16-18-28-26(23-6-4-3-5-7-23)27(32)29-24-14-12-22(13-15-24)25-17-19-31(2)30-25/h3-15,17,19,26,28H,16,18H2,1-2H3,(H,29,32)/t26-/m0/s1. The lowest BCUT2D eigenvalue weighted by Gasteiger charge is -2.19. The molecule has 5 heteroatoms. The van der Waals surface area contributed by atoms with E-state index < -0.39 is 6.04 Å². The van der Waals surface area contributed by atoms with Gasteiger partial charge in [0, 0.05) is 31.0 Å². The highest BCUT2D eigenvalue weighted by atomic mass is 16.2. The molecule has 2 N–H and O–H groups in total. The Kier molecular flexibility index (Phi) is 6.78. The Balaban J connectivity index is 1.43. The molecule has 0 spiro atoms. The van der Waals surface area contributed by atoms with Crippen molar-refractivity contribution < 1.29 is 4.79 Å². The summed E-state index contributed by atoms with van der Waals surface area (Å²) in [7, 11) is 1.90. The molecule has 0 fully saturated rings. The molecular weight excluding hydrogens is 396 g/mol. The third-order valence-electron chi connectivity index (χ3n) is 5.44. The van der Waals surface area contributed by atoms with Gasteiger partial charge >= 0.3 is 0 Å². The van der Waals surface area contributed by atoms with E-state index in [4.69, 9.17) is 0 Å². The number of aryl methyl sites for hydroxylation is 2. The van der Waals surface area contributed by atoms with Gasteiger partial charge in [-0.25, -0.2) is 0 Å². The predicted molar refractivity (Wildman–Crippen MR) is 129 cm³/mol. The highest BCUT2D eigenvalue weighted by Gasteiger charge is 2.20. The number of carbonyl (C=O) groups is 1. The Morgan fingerprint density at radius 1 is 0.938 bits per heavy atom. The Labute approximate surface area is 189 Å². The first-order valence-corrected chi connectivity index (χ1v) is 10.8. The molecule has 4 aromatic rings. The number of hydrogen-bond acceptors (Lipinski definition) is 3. The van der Waals surface area contributed by atoms with Crippen LogP contribution in [-0.2, 0) is 18.3 Å². The number of carbonyl (C=O) groups excluding carboxylic acids is 1. The van der Waals surface area contributed by atoms with Crippen LogP contribution in [0.5, 0.6) is 0 Å². The fraction of sp³-hybridized carbons (Fsp3) is 0.185. The monoisotopic (exact) mass is 424 g/mol. The normalized spacial score (nSPS) is 11.8. The van der Waals surface area contributed by atoms with Gasteiger partial charge in [0.2, 0.25) is 5.91 Å². The van der Waals surface area contributed by atoms with Crippen molar-refractivity contribution in [1.82, 2.24) is 15.1 Å². The van der Waals surface area contributed by atoms with Crippen LogP contribution < -0.4 is 10.6 Å². The SMILES string of the molecule is Cc1ccc(CCN[C@H](C(=O)Nc2ccc(-c3ccn(C)n3)cc2)c2ccccc2)cc1. The van der Waals surface area contributed by atoms with Gasteiger partial charge in [-0.05, 0) is 42.7 Å². The summed E-state index contributed by atoms with van der Waals surface area (Å²) < 4.78 is 1.78. The van der Waals surface area contributed by atoms with Gasteiger partial charge in [0.15, 0.2) is 0 Å². The van der Waals surface area contributed by atoms with Crippen LogP contribution in [0.2, 0.25) is 0 Å². The maximum atomic E-state index is 13.2. The summed E-state index contributed by atoms with van der Waals surface area (Å²) in [6, 6.07) is 27.6. The fourth-order valence-electron chi connectivity index (χ4n) is 3.63. The molecule has 0 radical (unpaired) electrons. The minimum Gasteiger partial charge on any atom is -0.324 e. The van der Waals surface area contributed by atoms with Crippen LogP contribution in [0.15, 0.2) is 91.1 Å². The van der Waals surface area contributed by atoms with E-state index in [1.807, 2.05) is 73.9 Å². The van der Waals surface area contributed by atoms with Crippen LogP contribution in [0.3, 0.4) is 0 Å². The van der Waals surface area contributed by atoms with E-state index in [0.29, 0.717) is 6.54 Å². The molecule has 1 amide bonds. The van der Waals surface area contributed by atoms with Crippen molar-refractivity contribution in [2.24, 2.45) is 7.05 Å². The molecule has 0 aliphatic carbocycles. The number of rotatable bonds is 8. The third-order valence-corrected chi connectivity index (χ3v) is 5.44. The smallest absolute Gasteiger partial charge is 0.246 e. The lowest BCUT2D eigenvalue weighted by molar-refractivity contribution is -0.118. The number of benzene rings is 3. The Morgan fingerprint density at radius 2 is 1.66 bits per heavy atom. The molecule has 32 heavy (non-hydrogen) atoms. The van der Waals surface area contributed by atoms with Crippen molar-refractivity contribution in [3.8, 4) is 11.3 Å². The van der Waals surface area contributed by atoms with E-state index in [2.05, 4.69) is 46.9 Å². The summed E-state index contributed by atoms with van der Waals surface area (Å²) in [6.07, 6.45) is 2.77. The summed E-state index contributed by atoms with van der Waals surface area (Å²) in [5.74, 6) is -0.0781. The number of aromatic nitrogens is 2. The largest absolute Gasteiger partial charge is 0.324 e. The number of hydrogen-bond donors (Lipinski definition) is 2. The molecule has 1 aromatic heterocycles. The van der Waals surface area contributed by atoms with E-state index in [1.165, 1.54) is 11.1 Å². The first kappa shape index (κ1) is 21.5. The van der Waals surface area contributed by atoms with Gasteiger partial charge in [0.1, 0.15) is 6.04 Å². The lowest BCUT2D eigenvalue weighted by Crippen LogP contribution is -2.34. The second kappa shape index (κ2) is 10.1. The van der Waals surface area contributed by atoms with E-state index in [-0.39, 0.29) is 5.91 Å². The van der Waals surface area contributed by atoms with Crippen molar-refractivity contribution in [2.75, 3.05) is 11.9 Å². The van der Waals surface area contributed by atoms with Gasteiger partial charge < -0.3 is 10.6 Å². The lowest BCUT2D eigenvalue weighted by atomic mass is 10.0. The molecule has 0 bridgehead atoms. The van der Waals surface area contributed by atoms with Crippen molar-refractivity contribution >= 4 is 11.6 Å². The first-order chi connectivity index (χ1) is 15.6. The van der Waals surface area contributed by atoms with Gasteiger partial charge in [0.05, 0.1) is 5.69 Å². The van der Waals surface area contributed by atoms with Crippen LogP contribution in [0, 0.1) is 6.92 Å². The zero-order chi connectivity index (χ0) is 22.3. The molecule has 1 heterocycles. The Bertz CT molecular complexity index is 1150. The minimum atomic E-state index is -0.433. The predicted octanol–water partition coefficient (Wildman–Crippen LogP) is 4.91. The summed E-state index contributed by atoms with van der Waals surface area (Å²) >= 11 is 0. The molecule has 0 saturated heterocycles. The summed E-state index contributed by atoms with van der Waals surface area (Å²) in [4.78, 5) is 13.2. The minimum absolute atomic E-state index is 0.0781.